The normalized spacial score (nSPS) is 20.7. The lowest BCUT2D eigenvalue weighted by atomic mass is 9.83. The van der Waals surface area contributed by atoms with Crippen LogP contribution in [0.25, 0.3) is 0 Å². The number of alkyl halides is 3. The molecule has 15 heteroatoms. The van der Waals surface area contributed by atoms with Crippen LogP contribution in [-0.4, -0.2) is 95.5 Å². The molecule has 57 heavy (non-hydrogen) atoms. The zero-order valence-electron chi connectivity index (χ0n) is 34.4. The number of amides is 4. The smallest absolute Gasteiger partial charge is 0.408 e. The quantitative estimate of drug-likeness (QED) is 0.179. The van der Waals surface area contributed by atoms with Crippen LogP contribution in [0.5, 0.6) is 0 Å². The molecule has 2 aliphatic carbocycles. The van der Waals surface area contributed by atoms with Crippen LogP contribution in [0.4, 0.5) is 18.0 Å². The summed E-state index contributed by atoms with van der Waals surface area (Å²) in [6.07, 6.45) is -3.59. The fourth-order valence-corrected chi connectivity index (χ4v) is 7.60. The number of carbonyl (C=O) groups excluding carboxylic acids is 7. The molecule has 1 aromatic rings. The summed E-state index contributed by atoms with van der Waals surface area (Å²) in [7, 11) is 3.02. The lowest BCUT2D eigenvalue weighted by Gasteiger charge is -2.36. The predicted octanol–water partition coefficient (Wildman–Crippen LogP) is 6.51. The number of halogens is 3. The van der Waals surface area contributed by atoms with Gasteiger partial charge in [-0.25, -0.2) is 4.79 Å². The van der Waals surface area contributed by atoms with Crippen LogP contribution < -0.4 is 10.6 Å². The van der Waals surface area contributed by atoms with E-state index in [-0.39, 0.29) is 24.3 Å². The Morgan fingerprint density at radius 2 is 1.53 bits per heavy atom. The van der Waals surface area contributed by atoms with Gasteiger partial charge in [0.1, 0.15) is 17.7 Å². The largest absolute Gasteiger partial charge is 0.444 e. The third-order valence-electron chi connectivity index (χ3n) is 10.4. The van der Waals surface area contributed by atoms with Crippen LogP contribution in [0.2, 0.25) is 0 Å². The highest BCUT2D eigenvalue weighted by Crippen LogP contribution is 2.51. The average molecular weight is 807 g/mol. The summed E-state index contributed by atoms with van der Waals surface area (Å²) in [4.78, 5) is 95.9. The summed E-state index contributed by atoms with van der Waals surface area (Å²) in [5.41, 5.74) is -0.340. The fraction of sp³-hybridized carbons (Fsp3) is 0.690. The van der Waals surface area contributed by atoms with Crippen LogP contribution in [0.1, 0.15) is 123 Å². The van der Waals surface area contributed by atoms with E-state index >= 15 is 0 Å². The Morgan fingerprint density at radius 3 is 2.09 bits per heavy atom. The number of hydrogen-bond acceptors (Lipinski definition) is 8. The number of piperidine rings is 1. The first-order valence-electron chi connectivity index (χ1n) is 20.2. The standard InChI is InChI=1S/C39H53F3N4O8.C3H8/c1-38(2,3)54-37(53)44-32(24-14-10-7-11-15-24)36(52)46-22-26-20-27(26)33(46)29(48)21-25(18-19-39(40,41)42)34(50)28(47)16-17-30(49)43-31(35(51)45(4)5)23-12-8-6-9-13-23;1-3-2/h6,8-9,12-13,24-27,31-33H,7,10-11,14-22H2,1-5H3,(H,43,49)(H,44,53);3H2,1-2H3/t25?,26-,27-,31-,32-,33-;/m0./s1. The van der Waals surface area contributed by atoms with Crippen molar-refractivity contribution in [2.24, 2.45) is 23.7 Å². The number of ether oxygens (including phenoxy) is 1. The van der Waals surface area contributed by atoms with Crippen molar-refractivity contribution in [1.82, 2.24) is 20.4 Å². The van der Waals surface area contributed by atoms with Gasteiger partial charge in [0.25, 0.3) is 0 Å². The Morgan fingerprint density at radius 1 is 0.912 bits per heavy atom. The Balaban J connectivity index is 0.00000281. The molecule has 2 N–H and O–H groups in total. The van der Waals surface area contributed by atoms with E-state index in [1.54, 1.807) is 51.1 Å². The summed E-state index contributed by atoms with van der Waals surface area (Å²) in [6, 6.07) is 5.31. The van der Waals surface area contributed by atoms with Gasteiger partial charge in [-0.2, -0.15) is 13.2 Å². The molecular formula is C42H61F3N4O8. The summed E-state index contributed by atoms with van der Waals surface area (Å²) in [6.45, 7) is 9.56. The van der Waals surface area contributed by atoms with Crippen molar-refractivity contribution in [3.63, 3.8) is 0 Å². The van der Waals surface area contributed by atoms with Crippen molar-refractivity contribution < 1.29 is 51.5 Å². The molecule has 1 aromatic carbocycles. The van der Waals surface area contributed by atoms with E-state index in [1.807, 2.05) is 0 Å². The van der Waals surface area contributed by atoms with Crippen LogP contribution >= 0.6 is 0 Å². The van der Waals surface area contributed by atoms with Crippen molar-refractivity contribution in [1.29, 1.82) is 0 Å². The second kappa shape index (κ2) is 20.9. The van der Waals surface area contributed by atoms with E-state index in [1.165, 1.54) is 30.3 Å². The number of rotatable bonds is 16. The van der Waals surface area contributed by atoms with E-state index in [0.29, 0.717) is 24.8 Å². The number of carbonyl (C=O) groups is 7. The number of fused-ring (bicyclic) bond motifs is 1. The molecule has 1 aliphatic heterocycles. The Hall–Kier alpha value is -4.30. The number of benzene rings is 1. The van der Waals surface area contributed by atoms with Crippen LogP contribution in [-0.2, 0) is 33.5 Å². The van der Waals surface area contributed by atoms with E-state index in [9.17, 15) is 46.7 Å². The number of likely N-dealkylation sites (tertiary alicyclic amines) is 1. The molecule has 1 heterocycles. The summed E-state index contributed by atoms with van der Waals surface area (Å²) in [5.74, 6) is -6.62. The molecule has 4 amide bonds. The molecule has 12 nitrogen and oxygen atoms in total. The maximum atomic E-state index is 14.2. The highest BCUT2D eigenvalue weighted by Gasteiger charge is 2.58. The van der Waals surface area contributed by atoms with Gasteiger partial charge in [0, 0.05) is 52.2 Å². The number of nitrogens with one attached hydrogen (secondary N) is 2. The zero-order valence-corrected chi connectivity index (χ0v) is 34.4. The first-order chi connectivity index (χ1) is 26.7. The van der Waals surface area contributed by atoms with Gasteiger partial charge < -0.3 is 25.2 Å². The van der Waals surface area contributed by atoms with Gasteiger partial charge in [0.15, 0.2) is 11.6 Å². The number of likely N-dealkylation sites (N-methyl/N-ethyl adjacent to an activating group) is 1. The molecule has 0 aromatic heterocycles. The van der Waals surface area contributed by atoms with Gasteiger partial charge in [-0.3, -0.25) is 28.8 Å². The molecule has 0 spiro atoms. The molecule has 3 fully saturated rings. The first-order valence-corrected chi connectivity index (χ1v) is 20.2. The van der Waals surface area contributed by atoms with Crippen molar-refractivity contribution in [2.45, 2.75) is 142 Å². The molecule has 0 radical (unpaired) electrons. The number of alkyl carbamates (subject to hydrolysis) is 1. The maximum absolute atomic E-state index is 14.2. The Kier molecular flexibility index (Phi) is 17.3. The van der Waals surface area contributed by atoms with Gasteiger partial charge >= 0.3 is 12.3 Å². The van der Waals surface area contributed by atoms with E-state index in [2.05, 4.69) is 24.5 Å². The molecule has 1 saturated heterocycles. The minimum atomic E-state index is -4.67. The zero-order chi connectivity index (χ0) is 42.7. The van der Waals surface area contributed by atoms with Gasteiger partial charge in [0.05, 0.1) is 6.04 Å². The summed E-state index contributed by atoms with van der Waals surface area (Å²) < 4.78 is 45.6. The van der Waals surface area contributed by atoms with Crippen LogP contribution in [0, 0.1) is 23.7 Å². The van der Waals surface area contributed by atoms with Crippen molar-refractivity contribution in [3.05, 3.63) is 35.9 Å². The lowest BCUT2D eigenvalue weighted by Crippen LogP contribution is -2.56. The predicted molar refractivity (Wildman–Crippen MR) is 206 cm³/mol. The number of Topliss-reactive ketones (excluding diaryl/α,β-unsaturated/α-hetero) is 3. The van der Waals surface area contributed by atoms with Crippen molar-refractivity contribution >= 4 is 41.2 Å². The number of ketones is 3. The molecule has 6 atom stereocenters. The highest BCUT2D eigenvalue weighted by molar-refractivity contribution is 6.38. The highest BCUT2D eigenvalue weighted by atomic mass is 19.4. The molecule has 318 valence electrons. The van der Waals surface area contributed by atoms with Gasteiger partial charge in [-0.1, -0.05) is 69.9 Å². The van der Waals surface area contributed by atoms with E-state index in [4.69, 9.17) is 4.74 Å². The summed E-state index contributed by atoms with van der Waals surface area (Å²) >= 11 is 0. The Bertz CT molecular complexity index is 1570. The maximum Gasteiger partial charge on any atom is 0.408 e. The molecule has 1 unspecified atom stereocenters. The lowest BCUT2D eigenvalue weighted by molar-refractivity contribution is -0.148. The van der Waals surface area contributed by atoms with Crippen LogP contribution in [0.3, 0.4) is 0 Å². The van der Waals surface area contributed by atoms with Crippen molar-refractivity contribution in [2.75, 3.05) is 20.6 Å². The number of nitrogens with zero attached hydrogens (tertiary/aromatic N) is 2. The Labute approximate surface area is 334 Å². The molecule has 3 aliphatic rings. The molecule has 2 saturated carbocycles. The van der Waals surface area contributed by atoms with Crippen LogP contribution in [0.15, 0.2) is 30.3 Å². The topological polar surface area (TPSA) is 159 Å². The first kappa shape index (κ1) is 47.1. The minimum Gasteiger partial charge on any atom is -0.444 e. The van der Waals surface area contributed by atoms with Gasteiger partial charge in [-0.15, -0.1) is 0 Å². The van der Waals surface area contributed by atoms with E-state index < -0.39 is 109 Å². The second-order valence-corrected chi connectivity index (χ2v) is 16.8. The minimum absolute atomic E-state index is 0.00000656. The molecular weight excluding hydrogens is 745 g/mol. The van der Waals surface area contributed by atoms with Crippen molar-refractivity contribution in [3.8, 4) is 0 Å². The second-order valence-electron chi connectivity index (χ2n) is 16.8. The summed E-state index contributed by atoms with van der Waals surface area (Å²) in [5, 5.41) is 5.30. The monoisotopic (exact) mass is 806 g/mol. The van der Waals surface area contributed by atoms with Gasteiger partial charge in [0.2, 0.25) is 23.5 Å². The average Bonchev–Trinajstić information content (AvgIpc) is 3.80. The molecule has 0 bridgehead atoms. The molecule has 4 rings (SSSR count). The fourth-order valence-electron chi connectivity index (χ4n) is 7.60. The number of hydrogen-bond donors (Lipinski definition) is 2. The van der Waals surface area contributed by atoms with E-state index in [0.717, 1.165) is 19.3 Å². The third-order valence-corrected chi connectivity index (χ3v) is 10.4. The van der Waals surface area contributed by atoms with Gasteiger partial charge in [-0.05, 0) is 69.8 Å². The third kappa shape index (κ3) is 14.5. The SMILES string of the molecule is CCC.CN(C)C(=O)[C@@H](NC(=O)CCC(=O)C(=O)C(CCC(F)(F)F)CC(=O)[C@@H]1[C@H]2C[C@H]2CN1C(=O)[C@@H](NC(=O)OC(C)(C)C)C1CCCCC1)c1ccccc1.